The third-order valence-electron chi connectivity index (χ3n) is 5.71. The smallest absolute Gasteiger partial charge is 0.154 e. The molecule has 1 aliphatic rings. The summed E-state index contributed by atoms with van der Waals surface area (Å²) in [6.07, 6.45) is 10.5. The number of hydrogen-bond acceptors (Lipinski definition) is 7. The number of fused-ring (bicyclic) bond motifs is 1. The van der Waals surface area contributed by atoms with Crippen LogP contribution in [0, 0.1) is 28.6 Å². The molecule has 30 heavy (non-hydrogen) atoms. The van der Waals surface area contributed by atoms with Crippen LogP contribution in [-0.2, 0) is 12.6 Å². The van der Waals surface area contributed by atoms with Crippen LogP contribution in [0.25, 0.3) is 28.0 Å². The summed E-state index contributed by atoms with van der Waals surface area (Å²) in [5, 5.41) is 31.6. The zero-order valence-electron chi connectivity index (χ0n) is 16.3. The molecule has 148 valence electrons. The van der Waals surface area contributed by atoms with Gasteiger partial charge in [-0.15, -0.1) is 0 Å². The molecule has 10 nitrogen and oxygen atoms in total. The van der Waals surface area contributed by atoms with Crippen molar-refractivity contribution < 1.29 is 0 Å². The van der Waals surface area contributed by atoms with Crippen LogP contribution in [0.1, 0.15) is 19.3 Å². The van der Waals surface area contributed by atoms with Crippen molar-refractivity contribution in [3.63, 3.8) is 0 Å². The van der Waals surface area contributed by atoms with Gasteiger partial charge in [0.2, 0.25) is 0 Å². The molecular weight excluding hydrogens is 380 g/mol. The Morgan fingerprint density at radius 1 is 1.23 bits per heavy atom. The second-order valence-electron chi connectivity index (χ2n) is 7.70. The van der Waals surface area contributed by atoms with Crippen LogP contribution in [0.3, 0.4) is 0 Å². The van der Waals surface area contributed by atoms with E-state index < -0.39 is 5.54 Å². The molecule has 0 radical (unpaired) electrons. The van der Waals surface area contributed by atoms with E-state index in [1.165, 1.54) is 0 Å². The molecule has 0 saturated heterocycles. The van der Waals surface area contributed by atoms with E-state index >= 15 is 0 Å². The average molecular weight is 398 g/mol. The minimum atomic E-state index is -0.435. The Morgan fingerprint density at radius 2 is 2.07 bits per heavy atom. The summed E-state index contributed by atoms with van der Waals surface area (Å²) in [6.45, 7) is 0. The first-order valence-corrected chi connectivity index (χ1v) is 9.49. The number of aromatic nitrogens is 7. The van der Waals surface area contributed by atoms with Gasteiger partial charge in [-0.05, 0) is 18.9 Å². The minimum absolute atomic E-state index is 0.0393. The zero-order chi connectivity index (χ0) is 20.9. The maximum absolute atomic E-state index is 9.30. The largest absolute Gasteiger partial charge is 0.382 e. The van der Waals surface area contributed by atoms with Crippen molar-refractivity contribution in [1.82, 2.24) is 34.2 Å². The highest BCUT2D eigenvalue weighted by Crippen LogP contribution is 2.46. The highest BCUT2D eigenvalue weighted by atomic mass is 15.3. The van der Waals surface area contributed by atoms with E-state index in [1.54, 1.807) is 28.6 Å². The molecule has 0 bridgehead atoms. The number of hydrogen-bond donors (Lipinski definition) is 1. The summed E-state index contributed by atoms with van der Waals surface area (Å²) in [6, 6.07) is 6.41. The highest BCUT2D eigenvalue weighted by Gasteiger charge is 2.46. The molecule has 0 aliphatic heterocycles. The van der Waals surface area contributed by atoms with E-state index in [-0.39, 0.29) is 5.92 Å². The molecule has 0 atom stereocenters. The molecule has 10 heteroatoms. The predicted octanol–water partition coefficient (Wildman–Crippen LogP) is 2.12. The molecule has 0 spiro atoms. The van der Waals surface area contributed by atoms with Crippen LogP contribution < -0.4 is 5.73 Å². The van der Waals surface area contributed by atoms with Gasteiger partial charge in [0.1, 0.15) is 0 Å². The van der Waals surface area contributed by atoms with Gasteiger partial charge in [-0.25, -0.2) is 9.50 Å². The number of rotatable bonds is 4. The van der Waals surface area contributed by atoms with E-state index in [0.717, 1.165) is 16.6 Å². The van der Waals surface area contributed by atoms with Gasteiger partial charge in [-0.2, -0.15) is 25.8 Å². The maximum atomic E-state index is 9.30. The van der Waals surface area contributed by atoms with Crippen molar-refractivity contribution in [1.29, 1.82) is 10.5 Å². The quantitative estimate of drug-likeness (QED) is 0.555. The first-order valence-electron chi connectivity index (χ1n) is 9.49. The van der Waals surface area contributed by atoms with E-state index in [1.807, 2.05) is 29.3 Å². The summed E-state index contributed by atoms with van der Waals surface area (Å²) >= 11 is 0. The van der Waals surface area contributed by atoms with Gasteiger partial charge in [-0.1, -0.05) is 0 Å². The monoisotopic (exact) mass is 398 g/mol. The van der Waals surface area contributed by atoms with Gasteiger partial charge in [-0.3, -0.25) is 9.36 Å². The van der Waals surface area contributed by atoms with Gasteiger partial charge in [0.05, 0.1) is 71.1 Å². The third-order valence-corrected chi connectivity index (χ3v) is 5.71. The molecule has 0 amide bonds. The second-order valence-corrected chi connectivity index (χ2v) is 7.70. The standard InChI is InChI=1S/C20H18N10/c1-28-11-15(19(23)27-28)16-12-29-17(2-5-24-29)18(26-16)14-9-25-30(10-14)20(3-4-21)6-13(7-20)8-22/h2,5,9-13H,3,6-7H2,1H3,(H2,23,27). The second kappa shape index (κ2) is 6.42. The normalized spacial score (nSPS) is 20.6. The minimum Gasteiger partial charge on any atom is -0.382 e. The van der Waals surface area contributed by atoms with E-state index in [2.05, 4.69) is 27.4 Å². The summed E-state index contributed by atoms with van der Waals surface area (Å²) in [7, 11) is 1.80. The zero-order valence-corrected chi connectivity index (χ0v) is 16.3. The molecule has 0 aromatic carbocycles. The molecule has 2 N–H and O–H groups in total. The van der Waals surface area contributed by atoms with Gasteiger partial charge >= 0.3 is 0 Å². The lowest BCUT2D eigenvalue weighted by molar-refractivity contribution is 0.0882. The molecule has 4 aromatic rings. The third kappa shape index (κ3) is 2.62. The first kappa shape index (κ1) is 17.9. The molecule has 1 aliphatic carbocycles. The Labute approximate surface area is 171 Å². The SMILES string of the molecule is Cn1cc(-c2cn3nccc3c(-c3cnn(C4(CC#N)CC(C#N)C4)c3)n2)c(N)n1. The van der Waals surface area contributed by atoms with Crippen LogP contribution >= 0.6 is 0 Å². The van der Waals surface area contributed by atoms with Crippen molar-refractivity contribution >= 4 is 11.3 Å². The first-order chi connectivity index (χ1) is 14.5. The number of nitrogens with zero attached hydrogens (tertiary/aromatic N) is 9. The lowest BCUT2D eigenvalue weighted by atomic mass is 9.67. The molecule has 4 aromatic heterocycles. The fraction of sp³-hybridized carbons (Fsp3) is 0.300. The van der Waals surface area contributed by atoms with Crippen molar-refractivity contribution in [2.75, 3.05) is 5.73 Å². The lowest BCUT2D eigenvalue weighted by Gasteiger charge is -2.43. The van der Waals surface area contributed by atoms with Crippen molar-refractivity contribution in [3.8, 4) is 34.7 Å². The van der Waals surface area contributed by atoms with Crippen molar-refractivity contribution in [2.45, 2.75) is 24.8 Å². The number of aryl methyl sites for hydroxylation is 1. The average Bonchev–Trinajstić information content (AvgIpc) is 3.43. The number of nitrogen functional groups attached to an aromatic ring is 1. The van der Waals surface area contributed by atoms with Gasteiger partial charge in [0.25, 0.3) is 0 Å². The van der Waals surface area contributed by atoms with Crippen LogP contribution in [0.4, 0.5) is 5.82 Å². The molecule has 1 fully saturated rings. The van der Waals surface area contributed by atoms with Gasteiger partial charge in [0.15, 0.2) is 5.82 Å². The topological polar surface area (TPSA) is 139 Å². The Morgan fingerprint density at radius 3 is 2.77 bits per heavy atom. The molecule has 4 heterocycles. The van der Waals surface area contributed by atoms with Gasteiger partial charge < -0.3 is 5.73 Å². The summed E-state index contributed by atoms with van der Waals surface area (Å²) in [4.78, 5) is 4.84. The Bertz CT molecular complexity index is 1340. The molecule has 1 saturated carbocycles. The Hall–Kier alpha value is -4.18. The Kier molecular flexibility index (Phi) is 3.83. The van der Waals surface area contributed by atoms with E-state index in [0.29, 0.717) is 36.5 Å². The summed E-state index contributed by atoms with van der Waals surface area (Å²) in [5.74, 6) is 0.352. The Balaban J connectivity index is 1.61. The fourth-order valence-electron chi connectivity index (χ4n) is 4.19. The van der Waals surface area contributed by atoms with Crippen LogP contribution in [-0.4, -0.2) is 34.2 Å². The fourth-order valence-corrected chi connectivity index (χ4v) is 4.19. The van der Waals surface area contributed by atoms with Crippen LogP contribution in [0.5, 0.6) is 0 Å². The van der Waals surface area contributed by atoms with Gasteiger partial charge in [0, 0.05) is 25.0 Å². The van der Waals surface area contributed by atoms with Crippen molar-refractivity contribution in [3.05, 3.63) is 37.1 Å². The molecular formula is C20H18N10. The van der Waals surface area contributed by atoms with Crippen LogP contribution in [0.15, 0.2) is 37.1 Å². The molecule has 0 unspecified atom stereocenters. The molecule has 5 rings (SSSR count). The lowest BCUT2D eigenvalue weighted by Crippen LogP contribution is -2.46. The van der Waals surface area contributed by atoms with E-state index in [9.17, 15) is 10.5 Å². The van der Waals surface area contributed by atoms with E-state index in [4.69, 9.17) is 10.7 Å². The number of nitrogens with two attached hydrogens (primary N) is 1. The number of nitriles is 2. The predicted molar refractivity (Wildman–Crippen MR) is 107 cm³/mol. The maximum Gasteiger partial charge on any atom is 0.154 e. The number of anilines is 1. The summed E-state index contributed by atoms with van der Waals surface area (Å²) < 4.78 is 5.21. The van der Waals surface area contributed by atoms with Crippen molar-refractivity contribution in [2.24, 2.45) is 13.0 Å². The van der Waals surface area contributed by atoms with Crippen LogP contribution in [0.2, 0.25) is 0 Å². The highest BCUT2D eigenvalue weighted by molar-refractivity contribution is 5.80. The summed E-state index contributed by atoms with van der Waals surface area (Å²) in [5.41, 5.74) is 9.34.